The lowest BCUT2D eigenvalue weighted by molar-refractivity contribution is 0.0996. The Morgan fingerprint density at radius 3 is 2.00 bits per heavy atom. The first-order chi connectivity index (χ1) is 7.56. The summed E-state index contributed by atoms with van der Waals surface area (Å²) in [6.45, 7) is 0. The first-order valence-corrected chi connectivity index (χ1v) is 4.72. The second-order valence-electron chi connectivity index (χ2n) is 2.87. The fourth-order valence-electron chi connectivity index (χ4n) is 1.35. The number of ether oxygens (including phenoxy) is 3. The Kier molecular flexibility index (Phi) is 3.84. The summed E-state index contributed by atoms with van der Waals surface area (Å²) in [5.74, 6) is 0.0910. The van der Waals surface area contributed by atoms with Crippen LogP contribution in [0.15, 0.2) is 6.07 Å². The van der Waals surface area contributed by atoms with Gasteiger partial charge in [0.25, 0.3) is 5.91 Å². The lowest BCUT2D eigenvalue weighted by atomic mass is 10.1. The number of nitrogens with two attached hydrogens (primary N) is 1. The van der Waals surface area contributed by atoms with Crippen molar-refractivity contribution in [1.29, 1.82) is 0 Å². The topological polar surface area (TPSA) is 70.8 Å². The first-order valence-electron chi connectivity index (χ1n) is 4.35. The summed E-state index contributed by atoms with van der Waals surface area (Å²) in [6, 6.07) is 1.38. The van der Waals surface area contributed by atoms with Gasteiger partial charge in [0.2, 0.25) is 5.75 Å². The van der Waals surface area contributed by atoms with E-state index in [0.717, 1.165) is 0 Å². The summed E-state index contributed by atoms with van der Waals surface area (Å²) in [4.78, 5) is 11.2. The molecule has 0 radical (unpaired) electrons. The predicted molar refractivity (Wildman–Crippen MR) is 59.6 cm³/mol. The maximum absolute atomic E-state index is 11.2. The summed E-state index contributed by atoms with van der Waals surface area (Å²) in [7, 11) is 4.26. The third-order valence-electron chi connectivity index (χ3n) is 2.02. The van der Waals surface area contributed by atoms with Gasteiger partial charge < -0.3 is 19.9 Å². The predicted octanol–water partition coefficient (Wildman–Crippen LogP) is 1.46. The van der Waals surface area contributed by atoms with Crippen LogP contribution in [0.4, 0.5) is 0 Å². The number of halogens is 1. The number of primary amides is 1. The maximum atomic E-state index is 11.2. The van der Waals surface area contributed by atoms with Crippen LogP contribution in [0.5, 0.6) is 17.2 Å². The van der Waals surface area contributed by atoms with E-state index in [1.165, 1.54) is 27.4 Å². The molecular formula is C10H12ClNO4. The van der Waals surface area contributed by atoms with E-state index in [-0.39, 0.29) is 22.1 Å². The average molecular weight is 246 g/mol. The number of methoxy groups -OCH3 is 3. The number of carbonyl (C=O) groups is 1. The minimum absolute atomic E-state index is 0.144. The Hall–Kier alpha value is -1.62. The van der Waals surface area contributed by atoms with Gasteiger partial charge >= 0.3 is 0 Å². The van der Waals surface area contributed by atoms with Crippen LogP contribution in [-0.2, 0) is 0 Å². The molecule has 0 aromatic heterocycles. The molecule has 0 atom stereocenters. The van der Waals surface area contributed by atoms with Gasteiger partial charge in [-0.15, -0.1) is 0 Å². The molecule has 2 N–H and O–H groups in total. The standard InChI is InChI=1S/C10H12ClNO4/c1-14-7-5(10(12)13)4-6(11)8(15-2)9(7)16-3/h4H,1-3H3,(H2,12,13). The second-order valence-corrected chi connectivity index (χ2v) is 3.28. The Morgan fingerprint density at radius 1 is 1.12 bits per heavy atom. The number of carbonyl (C=O) groups excluding carboxylic acids is 1. The lowest BCUT2D eigenvalue weighted by Crippen LogP contribution is -2.13. The van der Waals surface area contributed by atoms with Gasteiger partial charge in [0, 0.05) is 0 Å². The van der Waals surface area contributed by atoms with Crippen molar-refractivity contribution in [2.75, 3.05) is 21.3 Å². The summed E-state index contributed by atoms with van der Waals surface area (Å²) in [5.41, 5.74) is 5.34. The summed E-state index contributed by atoms with van der Waals surface area (Å²) in [6.07, 6.45) is 0. The highest BCUT2D eigenvalue weighted by Gasteiger charge is 2.22. The van der Waals surface area contributed by atoms with E-state index in [2.05, 4.69) is 0 Å². The van der Waals surface area contributed by atoms with Crippen LogP contribution in [0.2, 0.25) is 5.02 Å². The molecule has 5 nitrogen and oxygen atoms in total. The quantitative estimate of drug-likeness (QED) is 0.872. The minimum Gasteiger partial charge on any atom is -0.492 e. The number of amides is 1. The minimum atomic E-state index is -0.653. The van der Waals surface area contributed by atoms with Crippen molar-refractivity contribution in [3.63, 3.8) is 0 Å². The SMILES string of the molecule is COc1c(Cl)cc(C(N)=O)c(OC)c1OC. The highest BCUT2D eigenvalue weighted by Crippen LogP contribution is 2.44. The molecule has 0 saturated heterocycles. The molecule has 0 fully saturated rings. The molecule has 0 saturated carbocycles. The van der Waals surface area contributed by atoms with E-state index in [4.69, 9.17) is 31.5 Å². The monoisotopic (exact) mass is 245 g/mol. The van der Waals surface area contributed by atoms with Crippen molar-refractivity contribution >= 4 is 17.5 Å². The number of benzene rings is 1. The molecule has 6 heteroatoms. The maximum Gasteiger partial charge on any atom is 0.252 e. The third kappa shape index (κ3) is 1.99. The molecule has 16 heavy (non-hydrogen) atoms. The van der Waals surface area contributed by atoms with Gasteiger partial charge in [-0.1, -0.05) is 11.6 Å². The molecule has 1 rings (SSSR count). The zero-order valence-corrected chi connectivity index (χ0v) is 9.92. The van der Waals surface area contributed by atoms with Crippen molar-refractivity contribution in [2.45, 2.75) is 0 Å². The van der Waals surface area contributed by atoms with E-state index in [1.807, 2.05) is 0 Å². The van der Waals surface area contributed by atoms with E-state index in [1.54, 1.807) is 0 Å². The van der Waals surface area contributed by atoms with Crippen LogP contribution in [-0.4, -0.2) is 27.2 Å². The molecule has 1 aromatic carbocycles. The molecule has 0 spiro atoms. The number of hydrogen-bond donors (Lipinski definition) is 1. The van der Waals surface area contributed by atoms with E-state index < -0.39 is 5.91 Å². The van der Waals surface area contributed by atoms with E-state index >= 15 is 0 Å². The van der Waals surface area contributed by atoms with Gasteiger partial charge in [-0.3, -0.25) is 4.79 Å². The average Bonchev–Trinajstić information content (AvgIpc) is 2.27. The molecule has 0 aliphatic heterocycles. The Bertz CT molecular complexity index is 420. The summed E-state index contributed by atoms with van der Waals surface area (Å²) in [5, 5.41) is 0.231. The van der Waals surface area contributed by atoms with Crippen molar-refractivity contribution in [2.24, 2.45) is 5.73 Å². The van der Waals surface area contributed by atoms with E-state index in [0.29, 0.717) is 5.75 Å². The smallest absolute Gasteiger partial charge is 0.252 e. The molecule has 0 heterocycles. The van der Waals surface area contributed by atoms with Gasteiger partial charge in [0.1, 0.15) is 0 Å². The lowest BCUT2D eigenvalue weighted by Gasteiger charge is -2.15. The van der Waals surface area contributed by atoms with Gasteiger partial charge in [-0.2, -0.15) is 0 Å². The van der Waals surface area contributed by atoms with Crippen LogP contribution < -0.4 is 19.9 Å². The fourth-order valence-corrected chi connectivity index (χ4v) is 1.63. The van der Waals surface area contributed by atoms with Crippen LogP contribution >= 0.6 is 11.6 Å². The molecule has 1 amide bonds. The molecule has 0 bridgehead atoms. The Morgan fingerprint density at radius 2 is 1.62 bits per heavy atom. The van der Waals surface area contributed by atoms with E-state index in [9.17, 15) is 4.79 Å². The summed E-state index contributed by atoms with van der Waals surface area (Å²) < 4.78 is 15.2. The normalized spacial score (nSPS) is 9.75. The van der Waals surface area contributed by atoms with Crippen LogP contribution in [0.1, 0.15) is 10.4 Å². The Balaban J connectivity index is 3.56. The molecule has 0 aliphatic carbocycles. The van der Waals surface area contributed by atoms with Crippen molar-refractivity contribution < 1.29 is 19.0 Å². The zero-order valence-electron chi connectivity index (χ0n) is 9.17. The van der Waals surface area contributed by atoms with Crippen molar-refractivity contribution in [1.82, 2.24) is 0 Å². The fraction of sp³-hybridized carbons (Fsp3) is 0.300. The van der Waals surface area contributed by atoms with Crippen LogP contribution in [0.3, 0.4) is 0 Å². The zero-order chi connectivity index (χ0) is 12.3. The molecule has 88 valence electrons. The first kappa shape index (κ1) is 12.4. The van der Waals surface area contributed by atoms with Crippen molar-refractivity contribution in [3.05, 3.63) is 16.7 Å². The van der Waals surface area contributed by atoms with Gasteiger partial charge in [0.15, 0.2) is 11.5 Å². The number of rotatable bonds is 4. The van der Waals surface area contributed by atoms with Gasteiger partial charge in [-0.05, 0) is 6.07 Å². The van der Waals surface area contributed by atoms with Gasteiger partial charge in [0.05, 0.1) is 31.9 Å². The molecular weight excluding hydrogens is 234 g/mol. The second kappa shape index (κ2) is 4.94. The highest BCUT2D eigenvalue weighted by atomic mass is 35.5. The molecule has 1 aromatic rings. The van der Waals surface area contributed by atoms with Crippen LogP contribution in [0.25, 0.3) is 0 Å². The third-order valence-corrected chi connectivity index (χ3v) is 2.30. The largest absolute Gasteiger partial charge is 0.492 e. The molecule has 0 unspecified atom stereocenters. The molecule has 0 aliphatic rings. The summed E-state index contributed by atoms with van der Waals surface area (Å²) >= 11 is 5.92. The van der Waals surface area contributed by atoms with Crippen molar-refractivity contribution in [3.8, 4) is 17.2 Å². The Labute approximate surface area is 98.0 Å². The van der Waals surface area contributed by atoms with Gasteiger partial charge in [-0.25, -0.2) is 0 Å². The van der Waals surface area contributed by atoms with Crippen LogP contribution in [0, 0.1) is 0 Å². The highest BCUT2D eigenvalue weighted by molar-refractivity contribution is 6.33. The number of hydrogen-bond acceptors (Lipinski definition) is 4.